The first-order chi connectivity index (χ1) is 18.4. The number of hydrogen-bond donors (Lipinski definition) is 2. The SMILES string of the molecule is Cc1cc(C(C)(C)C)c(O)c(C)c1COC(=O)c1ccc(C(=S)OCc2c(C)cc(C(C)(C)C)c(O)c2C)cc1. The van der Waals surface area contributed by atoms with Gasteiger partial charge in [0, 0.05) is 5.56 Å². The lowest BCUT2D eigenvalue weighted by Gasteiger charge is -2.24. The van der Waals surface area contributed by atoms with E-state index in [0.717, 1.165) is 44.5 Å². The van der Waals surface area contributed by atoms with Gasteiger partial charge in [-0.2, -0.15) is 0 Å². The molecule has 0 spiro atoms. The molecule has 3 aromatic rings. The number of aryl methyl sites for hydroxylation is 2. The van der Waals surface area contributed by atoms with E-state index in [1.54, 1.807) is 24.3 Å². The number of thiocarbonyl (C=S) groups is 1. The maximum Gasteiger partial charge on any atom is 0.338 e. The molecule has 2 N–H and O–H groups in total. The van der Waals surface area contributed by atoms with Crippen LogP contribution in [0.5, 0.6) is 11.5 Å². The van der Waals surface area contributed by atoms with Crippen molar-refractivity contribution in [1.29, 1.82) is 0 Å². The van der Waals surface area contributed by atoms with Gasteiger partial charge in [0.15, 0.2) is 5.05 Å². The molecule has 5 nitrogen and oxygen atoms in total. The lowest BCUT2D eigenvalue weighted by molar-refractivity contribution is 0.0471. The normalized spacial score (nSPS) is 11.8. The Morgan fingerprint density at radius 3 is 1.48 bits per heavy atom. The number of carbonyl (C=O) groups is 1. The highest BCUT2D eigenvalue weighted by atomic mass is 32.1. The molecule has 0 saturated heterocycles. The Hall–Kier alpha value is -3.38. The second-order valence-corrected chi connectivity index (χ2v) is 13.0. The first-order valence-electron chi connectivity index (χ1n) is 13.5. The quantitative estimate of drug-likeness (QED) is 0.233. The van der Waals surface area contributed by atoms with Crippen LogP contribution in [0.4, 0.5) is 0 Å². The van der Waals surface area contributed by atoms with Crippen molar-refractivity contribution in [1.82, 2.24) is 0 Å². The molecule has 0 aliphatic carbocycles. The fourth-order valence-electron chi connectivity index (χ4n) is 4.80. The van der Waals surface area contributed by atoms with E-state index in [0.29, 0.717) is 16.2 Å². The predicted molar refractivity (Wildman–Crippen MR) is 165 cm³/mol. The minimum absolute atomic E-state index is 0.0668. The first-order valence-corrected chi connectivity index (χ1v) is 13.9. The van der Waals surface area contributed by atoms with Crippen LogP contribution in [0.25, 0.3) is 0 Å². The van der Waals surface area contributed by atoms with Crippen molar-refractivity contribution in [2.45, 2.75) is 93.3 Å². The summed E-state index contributed by atoms with van der Waals surface area (Å²) >= 11 is 5.50. The monoisotopic (exact) mass is 562 g/mol. The van der Waals surface area contributed by atoms with E-state index >= 15 is 0 Å². The Labute approximate surface area is 244 Å². The number of ether oxygens (including phenoxy) is 2. The zero-order valence-electron chi connectivity index (χ0n) is 25.4. The van der Waals surface area contributed by atoms with Gasteiger partial charge in [0.2, 0.25) is 0 Å². The van der Waals surface area contributed by atoms with Crippen molar-refractivity contribution in [3.8, 4) is 11.5 Å². The van der Waals surface area contributed by atoms with Crippen LogP contribution in [0.1, 0.15) is 102 Å². The molecule has 3 aromatic carbocycles. The van der Waals surface area contributed by atoms with E-state index in [-0.39, 0.29) is 35.5 Å². The number of aromatic hydroxyl groups is 2. The van der Waals surface area contributed by atoms with Crippen LogP contribution in [0, 0.1) is 27.7 Å². The van der Waals surface area contributed by atoms with Crippen LogP contribution < -0.4 is 0 Å². The standard InChI is InChI=1S/C34H42O5S/c1-19-15-27(33(5,6)7)29(35)21(3)25(19)17-38-31(37)23-11-13-24(14-12-23)32(40)39-18-26-20(2)16-28(34(8,9)10)30(36)22(26)4/h11-16,35-36H,17-18H2,1-10H3. The van der Waals surface area contributed by atoms with Crippen molar-refractivity contribution in [3.05, 3.63) is 92.0 Å². The second kappa shape index (κ2) is 11.6. The van der Waals surface area contributed by atoms with Crippen LogP contribution in [0.3, 0.4) is 0 Å². The number of hydrogen-bond acceptors (Lipinski definition) is 6. The third-order valence-electron chi connectivity index (χ3n) is 7.47. The summed E-state index contributed by atoms with van der Waals surface area (Å²) in [5.74, 6) is 0.0706. The zero-order chi connectivity index (χ0) is 30.2. The fraction of sp³-hybridized carbons (Fsp3) is 0.412. The minimum Gasteiger partial charge on any atom is -0.507 e. The van der Waals surface area contributed by atoms with E-state index in [1.165, 1.54) is 0 Å². The van der Waals surface area contributed by atoms with Crippen LogP contribution in [-0.4, -0.2) is 21.2 Å². The van der Waals surface area contributed by atoms with Crippen molar-refractivity contribution in [3.63, 3.8) is 0 Å². The van der Waals surface area contributed by atoms with Gasteiger partial charge in [0.25, 0.3) is 0 Å². The molecule has 3 rings (SSSR count). The van der Waals surface area contributed by atoms with E-state index in [1.807, 2.05) is 39.8 Å². The van der Waals surface area contributed by atoms with E-state index < -0.39 is 5.97 Å². The molecule has 40 heavy (non-hydrogen) atoms. The summed E-state index contributed by atoms with van der Waals surface area (Å²) in [6, 6.07) is 10.8. The maximum absolute atomic E-state index is 12.8. The third-order valence-corrected chi connectivity index (χ3v) is 7.82. The molecular formula is C34H42O5S. The Morgan fingerprint density at radius 1 is 0.700 bits per heavy atom. The molecule has 0 amide bonds. The first kappa shape index (κ1) is 31.2. The Morgan fingerprint density at radius 2 is 1.07 bits per heavy atom. The van der Waals surface area contributed by atoms with Gasteiger partial charge in [0.1, 0.15) is 24.7 Å². The van der Waals surface area contributed by atoms with Crippen LogP contribution in [-0.2, 0) is 33.5 Å². The molecule has 0 saturated carbocycles. The van der Waals surface area contributed by atoms with E-state index in [2.05, 4.69) is 41.5 Å². The molecule has 0 aliphatic rings. The van der Waals surface area contributed by atoms with Crippen molar-refractivity contribution >= 4 is 23.2 Å². The van der Waals surface area contributed by atoms with Gasteiger partial charge in [-0.1, -0.05) is 53.7 Å². The topological polar surface area (TPSA) is 76.0 Å². The summed E-state index contributed by atoms with van der Waals surface area (Å²) in [5.41, 5.74) is 7.70. The second-order valence-electron chi connectivity index (χ2n) is 12.6. The number of benzene rings is 3. The summed E-state index contributed by atoms with van der Waals surface area (Å²) < 4.78 is 11.5. The predicted octanol–water partition coefficient (Wildman–Crippen LogP) is 8.18. The molecule has 0 bridgehead atoms. The molecule has 0 unspecified atom stereocenters. The highest BCUT2D eigenvalue weighted by Gasteiger charge is 2.24. The molecular weight excluding hydrogens is 520 g/mol. The Balaban J connectivity index is 1.67. The summed E-state index contributed by atoms with van der Waals surface area (Å²) in [6.45, 7) is 20.4. The van der Waals surface area contributed by atoms with Crippen LogP contribution in [0.2, 0.25) is 0 Å². The number of phenols is 2. The molecule has 0 aromatic heterocycles. The summed E-state index contributed by atoms with van der Waals surface area (Å²) in [7, 11) is 0. The van der Waals surface area contributed by atoms with Gasteiger partial charge < -0.3 is 19.7 Å². The van der Waals surface area contributed by atoms with Crippen molar-refractivity contribution < 1.29 is 24.5 Å². The van der Waals surface area contributed by atoms with E-state index in [4.69, 9.17) is 21.7 Å². The van der Waals surface area contributed by atoms with Crippen LogP contribution in [0.15, 0.2) is 36.4 Å². The number of rotatable bonds is 6. The molecule has 0 atom stereocenters. The summed E-state index contributed by atoms with van der Waals surface area (Å²) in [4.78, 5) is 12.8. The molecule has 214 valence electrons. The lowest BCUT2D eigenvalue weighted by Crippen LogP contribution is -2.14. The zero-order valence-corrected chi connectivity index (χ0v) is 26.2. The number of esters is 1. The molecule has 0 fully saturated rings. The van der Waals surface area contributed by atoms with Gasteiger partial charge >= 0.3 is 5.97 Å². The highest BCUT2D eigenvalue weighted by Crippen LogP contribution is 2.38. The summed E-state index contributed by atoms with van der Waals surface area (Å²) in [5, 5.41) is 21.8. The molecule has 0 aliphatic heterocycles. The van der Waals surface area contributed by atoms with Gasteiger partial charge in [0.05, 0.1) is 5.56 Å². The van der Waals surface area contributed by atoms with Crippen LogP contribution >= 0.6 is 12.2 Å². The number of carbonyl (C=O) groups excluding carboxylic acids is 1. The van der Waals surface area contributed by atoms with Crippen molar-refractivity contribution in [2.24, 2.45) is 0 Å². The molecule has 0 radical (unpaired) electrons. The minimum atomic E-state index is -0.461. The Bertz CT molecular complexity index is 1330. The third kappa shape index (κ3) is 6.67. The number of phenolic OH excluding ortho intramolecular Hbond substituents is 2. The average Bonchev–Trinajstić information content (AvgIpc) is 2.86. The van der Waals surface area contributed by atoms with Crippen molar-refractivity contribution in [2.75, 3.05) is 0 Å². The summed E-state index contributed by atoms with van der Waals surface area (Å²) in [6.07, 6.45) is 0. The average molecular weight is 563 g/mol. The molecule has 6 heteroatoms. The van der Waals surface area contributed by atoms with Gasteiger partial charge in [-0.15, -0.1) is 0 Å². The Kier molecular flexibility index (Phi) is 9.05. The fourth-order valence-corrected chi connectivity index (χ4v) is 4.99. The maximum atomic E-state index is 12.8. The van der Waals surface area contributed by atoms with Gasteiger partial charge in [-0.25, -0.2) is 4.79 Å². The van der Waals surface area contributed by atoms with Gasteiger partial charge in [-0.3, -0.25) is 0 Å². The molecule has 0 heterocycles. The van der Waals surface area contributed by atoms with Gasteiger partial charge in [-0.05, 0) is 120 Å². The highest BCUT2D eigenvalue weighted by molar-refractivity contribution is 7.80. The lowest BCUT2D eigenvalue weighted by atomic mass is 9.83. The largest absolute Gasteiger partial charge is 0.507 e. The van der Waals surface area contributed by atoms with E-state index in [9.17, 15) is 15.0 Å². The smallest absolute Gasteiger partial charge is 0.338 e.